The maximum Gasteiger partial charge on any atom is 0.330 e. The van der Waals surface area contributed by atoms with Crippen LogP contribution in [0.5, 0.6) is 0 Å². The van der Waals surface area contributed by atoms with Crippen molar-refractivity contribution >= 4 is 5.97 Å². The SMILES string of the molecule is C/C=C/C(=O)O[C@@H]1CC[C@]2(CO2)[C@@H]([C@@]2(N)O[C@@H]2CC=C(C)C)[C@@H]1OC. The molecular weight excluding hydrogens is 322 g/mol. The van der Waals surface area contributed by atoms with Gasteiger partial charge in [-0.15, -0.1) is 0 Å². The molecule has 0 aromatic rings. The van der Waals surface area contributed by atoms with E-state index in [1.807, 2.05) is 0 Å². The second kappa shape index (κ2) is 6.83. The van der Waals surface area contributed by atoms with Crippen molar-refractivity contribution in [2.45, 2.75) is 69.7 Å². The van der Waals surface area contributed by atoms with Crippen LogP contribution in [0.3, 0.4) is 0 Å². The minimum Gasteiger partial charge on any atom is -0.456 e. The van der Waals surface area contributed by atoms with E-state index < -0.39 is 5.72 Å². The zero-order valence-corrected chi connectivity index (χ0v) is 15.5. The van der Waals surface area contributed by atoms with Gasteiger partial charge in [-0.2, -0.15) is 0 Å². The molecule has 2 N–H and O–H groups in total. The van der Waals surface area contributed by atoms with Crippen LogP contribution in [-0.4, -0.2) is 49.3 Å². The highest BCUT2D eigenvalue weighted by molar-refractivity contribution is 5.82. The molecule has 1 saturated carbocycles. The average Bonchev–Trinajstić information content (AvgIpc) is 3.45. The molecule has 0 unspecified atom stereocenters. The van der Waals surface area contributed by atoms with Crippen molar-refractivity contribution < 1.29 is 23.7 Å². The summed E-state index contributed by atoms with van der Waals surface area (Å²) in [5, 5.41) is 0. The Morgan fingerprint density at radius 2 is 2.12 bits per heavy atom. The topological polar surface area (TPSA) is 86.6 Å². The lowest BCUT2D eigenvalue weighted by molar-refractivity contribution is -0.167. The maximum absolute atomic E-state index is 11.9. The first-order valence-electron chi connectivity index (χ1n) is 8.96. The minimum absolute atomic E-state index is 0.0592. The van der Waals surface area contributed by atoms with Gasteiger partial charge in [0.1, 0.15) is 23.9 Å². The number of nitrogens with two attached hydrogens (primary N) is 1. The molecule has 0 radical (unpaired) electrons. The number of rotatable bonds is 6. The highest BCUT2D eigenvalue weighted by Crippen LogP contribution is 2.57. The van der Waals surface area contributed by atoms with Gasteiger partial charge < -0.3 is 24.7 Å². The largest absolute Gasteiger partial charge is 0.456 e. The summed E-state index contributed by atoms with van der Waals surface area (Å²) in [5.74, 6) is -0.512. The molecule has 6 nitrogen and oxygen atoms in total. The van der Waals surface area contributed by atoms with E-state index in [0.717, 1.165) is 12.8 Å². The molecule has 6 heteroatoms. The Balaban J connectivity index is 1.77. The van der Waals surface area contributed by atoms with Crippen LogP contribution in [-0.2, 0) is 23.7 Å². The number of methoxy groups -OCH3 is 1. The summed E-state index contributed by atoms with van der Waals surface area (Å²) in [4.78, 5) is 11.9. The summed E-state index contributed by atoms with van der Waals surface area (Å²) < 4.78 is 23.1. The summed E-state index contributed by atoms with van der Waals surface area (Å²) in [7, 11) is 1.63. The zero-order valence-electron chi connectivity index (χ0n) is 15.5. The summed E-state index contributed by atoms with van der Waals surface area (Å²) >= 11 is 0. The Morgan fingerprint density at radius 1 is 1.40 bits per heavy atom. The Hall–Kier alpha value is -1.21. The Bertz CT molecular complexity index is 578. The molecule has 1 aliphatic carbocycles. The first-order chi connectivity index (χ1) is 11.9. The van der Waals surface area contributed by atoms with Crippen molar-refractivity contribution in [1.82, 2.24) is 0 Å². The number of esters is 1. The third kappa shape index (κ3) is 3.53. The monoisotopic (exact) mass is 351 g/mol. The van der Waals surface area contributed by atoms with Crippen molar-refractivity contribution in [1.29, 1.82) is 0 Å². The molecule has 0 aromatic heterocycles. The van der Waals surface area contributed by atoms with Crippen LogP contribution in [0.1, 0.15) is 40.0 Å². The fourth-order valence-electron chi connectivity index (χ4n) is 4.10. The quantitative estimate of drug-likeness (QED) is 0.341. The van der Waals surface area contributed by atoms with Crippen molar-refractivity contribution in [3.05, 3.63) is 23.8 Å². The molecule has 0 aromatic carbocycles. The van der Waals surface area contributed by atoms with Crippen molar-refractivity contribution in [3.8, 4) is 0 Å². The standard InChI is InChI=1S/C19H29NO5/c1-5-6-15(21)24-13-9-10-18(11-23-18)17(16(13)22-4)19(20)14(25-19)8-7-12(2)3/h5-7,13-14,16-17H,8-11,20H2,1-4H3/b6-5+/t13-,14-,16-,17+,18+,19+/m1/s1. The van der Waals surface area contributed by atoms with Crippen LogP contribution < -0.4 is 5.73 Å². The first-order valence-corrected chi connectivity index (χ1v) is 8.96. The van der Waals surface area contributed by atoms with E-state index in [2.05, 4.69) is 19.9 Å². The van der Waals surface area contributed by atoms with E-state index in [-0.39, 0.29) is 35.8 Å². The third-order valence-corrected chi connectivity index (χ3v) is 5.49. The van der Waals surface area contributed by atoms with Gasteiger partial charge in [-0.1, -0.05) is 17.7 Å². The van der Waals surface area contributed by atoms with Gasteiger partial charge in [0.15, 0.2) is 5.72 Å². The number of allylic oxidation sites excluding steroid dienone is 2. The molecule has 6 atom stereocenters. The van der Waals surface area contributed by atoms with Crippen molar-refractivity contribution in [3.63, 3.8) is 0 Å². The normalized spacial score (nSPS) is 42.4. The van der Waals surface area contributed by atoms with Gasteiger partial charge in [-0.3, -0.25) is 0 Å². The maximum atomic E-state index is 11.9. The van der Waals surface area contributed by atoms with E-state index in [0.29, 0.717) is 13.0 Å². The number of hydrogen-bond donors (Lipinski definition) is 1. The van der Waals surface area contributed by atoms with Gasteiger partial charge in [0.05, 0.1) is 12.5 Å². The molecule has 3 aliphatic rings. The van der Waals surface area contributed by atoms with Gasteiger partial charge >= 0.3 is 5.97 Å². The molecule has 0 amide bonds. The van der Waals surface area contributed by atoms with Crippen LogP contribution in [0.25, 0.3) is 0 Å². The summed E-state index contributed by atoms with van der Waals surface area (Å²) in [6.45, 7) is 6.56. The summed E-state index contributed by atoms with van der Waals surface area (Å²) in [5.41, 5.74) is 6.75. The van der Waals surface area contributed by atoms with Crippen LogP contribution in [0.15, 0.2) is 23.8 Å². The number of epoxide rings is 2. The number of carbonyl (C=O) groups is 1. The fraction of sp³-hybridized carbons (Fsp3) is 0.737. The highest BCUT2D eigenvalue weighted by Gasteiger charge is 2.73. The van der Waals surface area contributed by atoms with Gasteiger partial charge in [0.2, 0.25) is 0 Å². The molecule has 2 heterocycles. The number of ether oxygens (including phenoxy) is 4. The Labute approximate surface area is 149 Å². The zero-order chi connectivity index (χ0) is 18.2. The van der Waals surface area contributed by atoms with E-state index in [9.17, 15) is 4.79 Å². The molecule has 0 bridgehead atoms. The second-order valence-electron chi connectivity index (χ2n) is 7.52. The molecule has 2 aliphatic heterocycles. The second-order valence-corrected chi connectivity index (χ2v) is 7.52. The van der Waals surface area contributed by atoms with Crippen molar-refractivity contribution in [2.24, 2.45) is 11.7 Å². The van der Waals surface area contributed by atoms with Crippen molar-refractivity contribution in [2.75, 3.05) is 13.7 Å². The average molecular weight is 351 g/mol. The van der Waals surface area contributed by atoms with Gasteiger partial charge in [-0.05, 0) is 40.0 Å². The van der Waals surface area contributed by atoms with Gasteiger partial charge in [0.25, 0.3) is 0 Å². The Kier molecular flexibility index (Phi) is 5.08. The van der Waals surface area contributed by atoms with Crippen LogP contribution in [0.4, 0.5) is 0 Å². The number of carbonyl (C=O) groups excluding carboxylic acids is 1. The van der Waals surface area contributed by atoms with Gasteiger partial charge in [0, 0.05) is 13.2 Å². The molecule has 25 heavy (non-hydrogen) atoms. The smallest absolute Gasteiger partial charge is 0.330 e. The van der Waals surface area contributed by atoms with Crippen LogP contribution in [0.2, 0.25) is 0 Å². The lowest BCUT2D eigenvalue weighted by Gasteiger charge is -2.42. The Morgan fingerprint density at radius 3 is 2.68 bits per heavy atom. The van der Waals surface area contributed by atoms with E-state index in [1.165, 1.54) is 11.6 Å². The predicted molar refractivity (Wildman–Crippen MR) is 92.7 cm³/mol. The lowest BCUT2D eigenvalue weighted by Crippen LogP contribution is -2.59. The fourth-order valence-corrected chi connectivity index (χ4v) is 4.10. The summed E-state index contributed by atoms with van der Waals surface area (Å²) in [6, 6.07) is 0. The molecule has 2 saturated heterocycles. The molecular formula is C19H29NO5. The number of hydrogen-bond acceptors (Lipinski definition) is 6. The molecule has 140 valence electrons. The van der Waals surface area contributed by atoms with Gasteiger partial charge in [-0.25, -0.2) is 4.79 Å². The van der Waals surface area contributed by atoms with E-state index in [1.54, 1.807) is 20.1 Å². The predicted octanol–water partition coefficient (Wildman–Crippen LogP) is 2.08. The van der Waals surface area contributed by atoms with Crippen LogP contribution in [0, 0.1) is 5.92 Å². The van der Waals surface area contributed by atoms with Crippen LogP contribution >= 0.6 is 0 Å². The van der Waals surface area contributed by atoms with E-state index in [4.69, 9.17) is 24.7 Å². The highest BCUT2D eigenvalue weighted by atomic mass is 16.6. The van der Waals surface area contributed by atoms with E-state index >= 15 is 0 Å². The first kappa shape index (κ1) is 18.6. The third-order valence-electron chi connectivity index (χ3n) is 5.49. The lowest BCUT2D eigenvalue weighted by atomic mass is 9.70. The molecule has 3 fully saturated rings. The summed E-state index contributed by atoms with van der Waals surface area (Å²) in [6.07, 6.45) is 6.74. The molecule has 1 spiro atoms. The molecule has 3 rings (SSSR count). The minimum atomic E-state index is -0.797.